The molecule has 2 aliphatic heterocycles. The van der Waals surface area contributed by atoms with Crippen molar-refractivity contribution in [1.29, 1.82) is 0 Å². The van der Waals surface area contributed by atoms with Gasteiger partial charge in [-0.1, -0.05) is 0 Å². The quantitative estimate of drug-likeness (QED) is 0.732. The van der Waals surface area contributed by atoms with Gasteiger partial charge in [0.1, 0.15) is 17.8 Å². The van der Waals surface area contributed by atoms with Crippen molar-refractivity contribution in [3.8, 4) is 0 Å². The summed E-state index contributed by atoms with van der Waals surface area (Å²) in [5.41, 5.74) is 0.372. The first-order chi connectivity index (χ1) is 11.8. The van der Waals surface area contributed by atoms with Gasteiger partial charge in [0, 0.05) is 45.4 Å². The van der Waals surface area contributed by atoms with Crippen LogP contribution in [-0.4, -0.2) is 79.4 Å². The van der Waals surface area contributed by atoms with Crippen LogP contribution in [0.2, 0.25) is 0 Å². The average molecular weight is 335 g/mol. The molecular formula is C16H25N5O3. The van der Waals surface area contributed by atoms with Crippen LogP contribution in [0.25, 0.3) is 0 Å². The highest BCUT2D eigenvalue weighted by Crippen LogP contribution is 2.11. The van der Waals surface area contributed by atoms with Crippen LogP contribution in [-0.2, 0) is 9.47 Å². The first kappa shape index (κ1) is 17.1. The van der Waals surface area contributed by atoms with Gasteiger partial charge in [0.15, 0.2) is 0 Å². The second-order valence-corrected chi connectivity index (χ2v) is 6.01. The third-order valence-corrected chi connectivity index (χ3v) is 4.25. The zero-order valence-corrected chi connectivity index (χ0v) is 13.9. The smallest absolute Gasteiger partial charge is 0.270 e. The molecule has 3 rings (SSSR count). The molecule has 132 valence electrons. The molecule has 2 fully saturated rings. The van der Waals surface area contributed by atoms with E-state index in [2.05, 4.69) is 25.5 Å². The lowest BCUT2D eigenvalue weighted by molar-refractivity contribution is 0.0398. The summed E-state index contributed by atoms with van der Waals surface area (Å²) in [6, 6.07) is 1.68. The van der Waals surface area contributed by atoms with E-state index in [1.54, 1.807) is 6.07 Å². The Labute approximate surface area is 141 Å². The third-order valence-electron chi connectivity index (χ3n) is 4.25. The van der Waals surface area contributed by atoms with E-state index in [0.29, 0.717) is 18.1 Å². The molecule has 2 saturated heterocycles. The van der Waals surface area contributed by atoms with Crippen LogP contribution in [0.3, 0.4) is 0 Å². The van der Waals surface area contributed by atoms with Crippen LogP contribution in [0.4, 0.5) is 5.82 Å². The first-order valence-corrected chi connectivity index (χ1v) is 8.57. The van der Waals surface area contributed by atoms with E-state index in [4.69, 9.17) is 9.47 Å². The van der Waals surface area contributed by atoms with Crippen molar-refractivity contribution in [2.45, 2.75) is 18.9 Å². The number of anilines is 1. The standard InChI is InChI=1S/C16H25N5O3/c22-16(18-11-13-2-1-7-24-13)14-10-15(20-12-19-14)17-3-4-21-5-8-23-9-6-21/h10,12-13H,1-9,11H2,(H,18,22)(H,17,19,20). The van der Waals surface area contributed by atoms with E-state index >= 15 is 0 Å². The van der Waals surface area contributed by atoms with Gasteiger partial charge in [-0.2, -0.15) is 0 Å². The maximum Gasteiger partial charge on any atom is 0.270 e. The minimum atomic E-state index is -0.191. The molecular weight excluding hydrogens is 310 g/mol. The minimum Gasteiger partial charge on any atom is -0.379 e. The van der Waals surface area contributed by atoms with Gasteiger partial charge in [-0.15, -0.1) is 0 Å². The van der Waals surface area contributed by atoms with Gasteiger partial charge in [-0.05, 0) is 12.8 Å². The molecule has 8 heteroatoms. The number of ether oxygens (including phenoxy) is 2. The second kappa shape index (κ2) is 8.91. The van der Waals surface area contributed by atoms with Crippen LogP contribution in [0, 0.1) is 0 Å². The highest BCUT2D eigenvalue weighted by atomic mass is 16.5. The Bertz CT molecular complexity index is 530. The van der Waals surface area contributed by atoms with Crippen molar-refractivity contribution in [3.63, 3.8) is 0 Å². The predicted molar refractivity (Wildman–Crippen MR) is 89.1 cm³/mol. The molecule has 0 radical (unpaired) electrons. The first-order valence-electron chi connectivity index (χ1n) is 8.57. The molecule has 1 aromatic rings. The van der Waals surface area contributed by atoms with Crippen molar-refractivity contribution < 1.29 is 14.3 Å². The Hall–Kier alpha value is -1.77. The van der Waals surface area contributed by atoms with Crippen molar-refractivity contribution >= 4 is 11.7 Å². The Morgan fingerprint density at radius 1 is 1.29 bits per heavy atom. The molecule has 8 nitrogen and oxygen atoms in total. The predicted octanol–water partition coefficient (Wildman–Crippen LogP) is 0.130. The maximum atomic E-state index is 12.2. The van der Waals surface area contributed by atoms with E-state index in [0.717, 1.165) is 58.8 Å². The summed E-state index contributed by atoms with van der Waals surface area (Å²) in [6.07, 6.45) is 3.60. The summed E-state index contributed by atoms with van der Waals surface area (Å²) < 4.78 is 10.8. The molecule has 1 aromatic heterocycles. The number of nitrogens with zero attached hydrogens (tertiary/aromatic N) is 3. The molecule has 0 saturated carbocycles. The summed E-state index contributed by atoms with van der Waals surface area (Å²) in [5, 5.41) is 6.12. The van der Waals surface area contributed by atoms with Crippen LogP contribution in [0.5, 0.6) is 0 Å². The normalized spacial score (nSPS) is 21.6. The van der Waals surface area contributed by atoms with Crippen LogP contribution in [0.1, 0.15) is 23.3 Å². The molecule has 2 aliphatic rings. The van der Waals surface area contributed by atoms with E-state index in [-0.39, 0.29) is 12.0 Å². The molecule has 0 spiro atoms. The highest BCUT2D eigenvalue weighted by Gasteiger charge is 2.17. The van der Waals surface area contributed by atoms with Crippen molar-refractivity contribution in [3.05, 3.63) is 18.1 Å². The number of amides is 1. The van der Waals surface area contributed by atoms with Crippen molar-refractivity contribution in [1.82, 2.24) is 20.2 Å². The number of morpholine rings is 1. The fourth-order valence-corrected chi connectivity index (χ4v) is 2.85. The summed E-state index contributed by atoms with van der Waals surface area (Å²) in [6.45, 7) is 6.52. The lowest BCUT2D eigenvalue weighted by atomic mass is 10.2. The number of aromatic nitrogens is 2. The maximum absolute atomic E-state index is 12.2. The molecule has 0 bridgehead atoms. The number of carbonyl (C=O) groups is 1. The highest BCUT2D eigenvalue weighted by molar-refractivity contribution is 5.92. The fraction of sp³-hybridized carbons (Fsp3) is 0.688. The van der Waals surface area contributed by atoms with E-state index in [1.165, 1.54) is 6.33 Å². The molecule has 1 amide bonds. The topological polar surface area (TPSA) is 88.6 Å². The Balaban J connectivity index is 1.43. The van der Waals surface area contributed by atoms with E-state index in [1.807, 2.05) is 0 Å². The van der Waals surface area contributed by atoms with E-state index in [9.17, 15) is 4.79 Å². The van der Waals surface area contributed by atoms with Crippen LogP contribution >= 0.6 is 0 Å². The number of hydrogen-bond donors (Lipinski definition) is 2. The molecule has 24 heavy (non-hydrogen) atoms. The monoisotopic (exact) mass is 335 g/mol. The minimum absolute atomic E-state index is 0.127. The molecule has 1 atom stereocenters. The van der Waals surface area contributed by atoms with Gasteiger partial charge >= 0.3 is 0 Å². The molecule has 0 aromatic carbocycles. The zero-order chi connectivity index (χ0) is 16.6. The third kappa shape index (κ3) is 5.12. The zero-order valence-electron chi connectivity index (χ0n) is 13.9. The second-order valence-electron chi connectivity index (χ2n) is 6.01. The Kier molecular flexibility index (Phi) is 6.33. The van der Waals surface area contributed by atoms with Crippen LogP contribution < -0.4 is 10.6 Å². The number of carbonyl (C=O) groups excluding carboxylic acids is 1. The number of hydrogen-bond acceptors (Lipinski definition) is 7. The lowest BCUT2D eigenvalue weighted by Gasteiger charge is -2.26. The van der Waals surface area contributed by atoms with Crippen molar-refractivity contribution in [2.24, 2.45) is 0 Å². The van der Waals surface area contributed by atoms with Gasteiger partial charge < -0.3 is 20.1 Å². The lowest BCUT2D eigenvalue weighted by Crippen LogP contribution is -2.39. The molecule has 3 heterocycles. The molecule has 2 N–H and O–H groups in total. The van der Waals surface area contributed by atoms with Gasteiger partial charge in [0.25, 0.3) is 5.91 Å². The summed E-state index contributed by atoms with van der Waals surface area (Å²) in [4.78, 5) is 22.7. The summed E-state index contributed by atoms with van der Waals surface area (Å²) in [5.74, 6) is 0.477. The van der Waals surface area contributed by atoms with Crippen molar-refractivity contribution in [2.75, 3.05) is 57.9 Å². The van der Waals surface area contributed by atoms with E-state index < -0.39 is 0 Å². The molecule has 0 aliphatic carbocycles. The van der Waals surface area contributed by atoms with Gasteiger partial charge in [-0.3, -0.25) is 9.69 Å². The SMILES string of the molecule is O=C(NCC1CCCO1)c1cc(NCCN2CCOCC2)ncn1. The summed E-state index contributed by atoms with van der Waals surface area (Å²) in [7, 11) is 0. The number of rotatable bonds is 7. The summed E-state index contributed by atoms with van der Waals surface area (Å²) >= 11 is 0. The molecule has 1 unspecified atom stereocenters. The Morgan fingerprint density at radius 2 is 2.17 bits per heavy atom. The Morgan fingerprint density at radius 3 is 2.96 bits per heavy atom. The average Bonchev–Trinajstić information content (AvgIpc) is 3.14. The van der Waals surface area contributed by atoms with Gasteiger partial charge in [0.2, 0.25) is 0 Å². The fourth-order valence-electron chi connectivity index (χ4n) is 2.85. The van der Waals surface area contributed by atoms with Crippen LogP contribution in [0.15, 0.2) is 12.4 Å². The van der Waals surface area contributed by atoms with Gasteiger partial charge in [0.05, 0.1) is 19.3 Å². The largest absolute Gasteiger partial charge is 0.379 e. The van der Waals surface area contributed by atoms with Gasteiger partial charge in [-0.25, -0.2) is 9.97 Å². The number of nitrogens with one attached hydrogen (secondary N) is 2.